The number of aliphatic hydroxyl groups excluding tert-OH is 1. The average molecular weight is 358 g/mol. The van der Waals surface area contributed by atoms with E-state index in [1.165, 1.54) is 14.2 Å². The molecular weight excluding hydrogens is 341 g/mol. The van der Waals surface area contributed by atoms with E-state index in [1.807, 2.05) is 0 Å². The van der Waals surface area contributed by atoms with Gasteiger partial charge in [-0.25, -0.2) is 4.98 Å². The fourth-order valence-corrected chi connectivity index (χ4v) is 1.97. The van der Waals surface area contributed by atoms with Crippen molar-refractivity contribution in [2.75, 3.05) is 38.0 Å². The van der Waals surface area contributed by atoms with Gasteiger partial charge in [0, 0.05) is 24.4 Å². The van der Waals surface area contributed by atoms with Gasteiger partial charge in [0.1, 0.15) is 5.82 Å². The van der Waals surface area contributed by atoms with Gasteiger partial charge in [-0.3, -0.25) is 0 Å². The van der Waals surface area contributed by atoms with Gasteiger partial charge in [-0.2, -0.15) is 18.2 Å². The van der Waals surface area contributed by atoms with Crippen molar-refractivity contribution in [1.82, 2.24) is 9.97 Å². The Balaban J connectivity index is 2.34. The van der Waals surface area contributed by atoms with Gasteiger partial charge in [0.2, 0.25) is 5.95 Å². The van der Waals surface area contributed by atoms with Crippen LogP contribution in [0.4, 0.5) is 30.6 Å². The second-order valence-corrected chi connectivity index (χ2v) is 4.80. The van der Waals surface area contributed by atoms with Crippen LogP contribution in [0.5, 0.6) is 11.5 Å². The number of hydrogen-bond donors (Lipinski definition) is 3. The lowest BCUT2D eigenvalue weighted by Gasteiger charge is -2.14. The van der Waals surface area contributed by atoms with Crippen LogP contribution in [0.15, 0.2) is 24.3 Å². The lowest BCUT2D eigenvalue weighted by Crippen LogP contribution is -2.15. The summed E-state index contributed by atoms with van der Waals surface area (Å²) in [6.07, 6.45) is -4.63. The third kappa shape index (κ3) is 4.86. The van der Waals surface area contributed by atoms with Gasteiger partial charge in [0.25, 0.3) is 0 Å². The van der Waals surface area contributed by atoms with Crippen molar-refractivity contribution in [2.24, 2.45) is 0 Å². The molecule has 2 rings (SSSR count). The van der Waals surface area contributed by atoms with Crippen LogP contribution in [-0.2, 0) is 6.18 Å². The average Bonchev–Trinajstić information content (AvgIpc) is 2.58. The summed E-state index contributed by atoms with van der Waals surface area (Å²) in [6.45, 7) is -0.241. The van der Waals surface area contributed by atoms with Crippen LogP contribution in [0.25, 0.3) is 0 Å². The highest BCUT2D eigenvalue weighted by Gasteiger charge is 2.33. The number of hydrogen-bond acceptors (Lipinski definition) is 7. The number of nitrogens with zero attached hydrogens (tertiary/aromatic N) is 2. The predicted octanol–water partition coefficient (Wildman–Crippen LogP) is 2.66. The number of rotatable bonds is 7. The van der Waals surface area contributed by atoms with Crippen molar-refractivity contribution >= 4 is 17.5 Å². The molecule has 0 aliphatic heterocycles. The summed E-state index contributed by atoms with van der Waals surface area (Å²) in [5.74, 6) is 0.593. The maximum absolute atomic E-state index is 13.0. The van der Waals surface area contributed by atoms with Gasteiger partial charge < -0.3 is 25.2 Å². The van der Waals surface area contributed by atoms with Gasteiger partial charge in [-0.15, -0.1) is 0 Å². The quantitative estimate of drug-likeness (QED) is 0.701. The van der Waals surface area contributed by atoms with E-state index in [0.29, 0.717) is 17.2 Å². The molecule has 0 radical (unpaired) electrons. The minimum atomic E-state index is -4.63. The molecule has 1 aromatic carbocycles. The molecule has 0 unspecified atom stereocenters. The summed E-state index contributed by atoms with van der Waals surface area (Å²) < 4.78 is 49.2. The highest BCUT2D eigenvalue weighted by molar-refractivity contribution is 5.62. The monoisotopic (exact) mass is 358 g/mol. The topological polar surface area (TPSA) is 88.5 Å². The van der Waals surface area contributed by atoms with Crippen molar-refractivity contribution in [2.45, 2.75) is 6.18 Å². The van der Waals surface area contributed by atoms with Crippen LogP contribution in [0.1, 0.15) is 5.69 Å². The van der Waals surface area contributed by atoms with Crippen molar-refractivity contribution in [3.63, 3.8) is 0 Å². The van der Waals surface area contributed by atoms with E-state index in [-0.39, 0.29) is 24.9 Å². The second-order valence-electron chi connectivity index (χ2n) is 4.80. The molecule has 25 heavy (non-hydrogen) atoms. The first-order chi connectivity index (χ1) is 11.9. The number of nitrogens with one attached hydrogen (secondary N) is 2. The van der Waals surface area contributed by atoms with Crippen LogP contribution in [0.2, 0.25) is 0 Å². The normalized spacial score (nSPS) is 11.1. The lowest BCUT2D eigenvalue weighted by molar-refractivity contribution is -0.141. The van der Waals surface area contributed by atoms with E-state index >= 15 is 0 Å². The maximum atomic E-state index is 13.0. The molecule has 0 bridgehead atoms. The Kier molecular flexibility index (Phi) is 5.86. The minimum absolute atomic E-state index is 0.0249. The van der Waals surface area contributed by atoms with Crippen molar-refractivity contribution in [1.29, 1.82) is 0 Å². The van der Waals surface area contributed by atoms with Gasteiger partial charge in [0.15, 0.2) is 17.2 Å². The molecule has 0 spiro atoms. The van der Waals surface area contributed by atoms with Gasteiger partial charge >= 0.3 is 6.18 Å². The molecule has 2 aromatic rings. The number of ether oxygens (including phenoxy) is 2. The Morgan fingerprint density at radius 3 is 2.40 bits per heavy atom. The van der Waals surface area contributed by atoms with E-state index in [2.05, 4.69) is 20.6 Å². The molecule has 1 aromatic heterocycles. The molecule has 0 aliphatic rings. The number of aromatic nitrogens is 2. The third-order valence-corrected chi connectivity index (χ3v) is 3.07. The third-order valence-electron chi connectivity index (χ3n) is 3.07. The van der Waals surface area contributed by atoms with Crippen LogP contribution < -0.4 is 20.1 Å². The standard InChI is InChI=1S/C15H17F3N4O3/c1-24-10-4-3-9(7-11(10)25-2)20-13-8-12(15(16,17)18)21-14(22-13)19-5-6-23/h3-4,7-8,23H,5-6H2,1-2H3,(H2,19,20,21,22). The lowest BCUT2D eigenvalue weighted by atomic mass is 10.2. The SMILES string of the molecule is COc1ccc(Nc2cc(C(F)(F)F)nc(NCCO)n2)cc1OC. The second kappa shape index (κ2) is 7.88. The molecule has 0 atom stereocenters. The van der Waals surface area contributed by atoms with E-state index in [4.69, 9.17) is 14.6 Å². The van der Waals surface area contributed by atoms with Crippen LogP contribution in [0, 0.1) is 0 Å². The zero-order valence-electron chi connectivity index (χ0n) is 13.5. The van der Waals surface area contributed by atoms with Gasteiger partial charge in [-0.05, 0) is 12.1 Å². The van der Waals surface area contributed by atoms with Crippen molar-refractivity contribution < 1.29 is 27.8 Å². The highest BCUT2D eigenvalue weighted by atomic mass is 19.4. The van der Waals surface area contributed by atoms with E-state index in [0.717, 1.165) is 6.07 Å². The summed E-state index contributed by atoms with van der Waals surface area (Å²) in [7, 11) is 2.93. The summed E-state index contributed by atoms with van der Waals surface area (Å²) in [5.41, 5.74) is -0.650. The largest absolute Gasteiger partial charge is 0.493 e. The molecule has 0 fully saturated rings. The number of anilines is 3. The molecule has 1 heterocycles. The fraction of sp³-hybridized carbons (Fsp3) is 0.333. The molecular formula is C15H17F3N4O3. The Hall–Kier alpha value is -2.75. The molecule has 136 valence electrons. The first kappa shape index (κ1) is 18.6. The number of halogens is 3. The Bertz CT molecular complexity index is 726. The van der Waals surface area contributed by atoms with Crippen molar-refractivity contribution in [3.05, 3.63) is 30.0 Å². The zero-order valence-corrected chi connectivity index (χ0v) is 13.5. The molecule has 3 N–H and O–H groups in total. The first-order valence-corrected chi connectivity index (χ1v) is 7.17. The van der Waals surface area contributed by atoms with Crippen molar-refractivity contribution in [3.8, 4) is 11.5 Å². The summed E-state index contributed by atoms with van der Waals surface area (Å²) >= 11 is 0. The van der Waals surface area contributed by atoms with E-state index in [1.54, 1.807) is 18.2 Å². The fourth-order valence-electron chi connectivity index (χ4n) is 1.97. The van der Waals surface area contributed by atoms with Gasteiger partial charge in [-0.1, -0.05) is 0 Å². The minimum Gasteiger partial charge on any atom is -0.493 e. The number of aliphatic hydroxyl groups is 1. The Morgan fingerprint density at radius 1 is 1.08 bits per heavy atom. The molecule has 0 aliphatic carbocycles. The number of alkyl halides is 3. The predicted molar refractivity (Wildman–Crippen MR) is 85.4 cm³/mol. The summed E-state index contributed by atoms with van der Waals surface area (Å²) in [5, 5.41) is 14.1. The molecule has 10 heteroatoms. The Labute approximate surface area is 141 Å². The summed E-state index contributed by atoms with van der Waals surface area (Å²) in [6, 6.07) is 5.57. The summed E-state index contributed by atoms with van der Waals surface area (Å²) in [4.78, 5) is 7.36. The molecule has 7 nitrogen and oxygen atoms in total. The van der Waals surface area contributed by atoms with Crippen LogP contribution in [-0.4, -0.2) is 42.4 Å². The number of methoxy groups -OCH3 is 2. The molecule has 0 saturated heterocycles. The molecule has 0 saturated carbocycles. The van der Waals surface area contributed by atoms with Gasteiger partial charge in [0.05, 0.1) is 20.8 Å². The smallest absolute Gasteiger partial charge is 0.433 e. The zero-order chi connectivity index (χ0) is 18.4. The highest BCUT2D eigenvalue weighted by Crippen LogP contribution is 2.33. The van der Waals surface area contributed by atoms with E-state index < -0.39 is 11.9 Å². The maximum Gasteiger partial charge on any atom is 0.433 e. The Morgan fingerprint density at radius 2 is 1.80 bits per heavy atom. The molecule has 0 amide bonds. The number of benzene rings is 1. The van der Waals surface area contributed by atoms with E-state index in [9.17, 15) is 13.2 Å². The van der Waals surface area contributed by atoms with Crippen LogP contribution >= 0.6 is 0 Å². The first-order valence-electron chi connectivity index (χ1n) is 7.17. The van der Waals surface area contributed by atoms with Crippen LogP contribution in [0.3, 0.4) is 0 Å².